The van der Waals surface area contributed by atoms with Crippen molar-refractivity contribution in [3.63, 3.8) is 0 Å². The lowest BCUT2D eigenvalue weighted by Crippen LogP contribution is -2.29. The minimum Gasteiger partial charge on any atom is -0.374 e. The van der Waals surface area contributed by atoms with Gasteiger partial charge in [-0.3, -0.25) is 0 Å². The molecule has 140 valence electrons. The average Bonchev–Trinajstić information content (AvgIpc) is 3.38. The minimum absolute atomic E-state index is 0.0353. The molecule has 0 saturated carbocycles. The van der Waals surface area contributed by atoms with Crippen molar-refractivity contribution in [3.05, 3.63) is 94.2 Å². The second kappa shape index (κ2) is 9.29. The van der Waals surface area contributed by atoms with Crippen molar-refractivity contribution in [2.24, 2.45) is 0 Å². The fourth-order valence-corrected chi connectivity index (χ4v) is 4.12. The smallest absolute Gasteiger partial charge is 0.108 e. The van der Waals surface area contributed by atoms with Crippen LogP contribution in [0.4, 0.5) is 0 Å². The first-order chi connectivity index (χ1) is 13.4. The molecule has 0 unspecified atom stereocenters. The van der Waals surface area contributed by atoms with E-state index in [4.69, 9.17) is 14.2 Å². The molecule has 4 heteroatoms. The van der Waals surface area contributed by atoms with Crippen LogP contribution < -0.4 is 0 Å². The molecule has 2 heterocycles. The van der Waals surface area contributed by atoms with Crippen molar-refractivity contribution in [3.8, 4) is 0 Å². The van der Waals surface area contributed by atoms with Gasteiger partial charge in [-0.2, -0.15) is 0 Å². The zero-order valence-electron chi connectivity index (χ0n) is 15.2. The molecular formula is C23H24O3S. The number of rotatable bonds is 8. The predicted octanol–water partition coefficient (Wildman–Crippen LogP) is 5.38. The van der Waals surface area contributed by atoms with Crippen LogP contribution in [-0.4, -0.2) is 18.8 Å². The molecule has 1 aliphatic heterocycles. The van der Waals surface area contributed by atoms with E-state index >= 15 is 0 Å². The summed E-state index contributed by atoms with van der Waals surface area (Å²) in [5.41, 5.74) is 2.35. The van der Waals surface area contributed by atoms with Crippen molar-refractivity contribution in [2.45, 2.75) is 37.9 Å². The van der Waals surface area contributed by atoms with Gasteiger partial charge in [0, 0.05) is 11.3 Å². The summed E-state index contributed by atoms with van der Waals surface area (Å²) in [6, 6.07) is 24.7. The van der Waals surface area contributed by atoms with Crippen molar-refractivity contribution < 1.29 is 14.2 Å². The maximum Gasteiger partial charge on any atom is 0.108 e. The SMILES string of the molecule is c1ccc(COC[C@H]2O[C@H](c3cccs3)C[C@@H]2OCc2ccccc2)cc1. The van der Waals surface area contributed by atoms with Crippen LogP contribution in [0, 0.1) is 0 Å². The molecule has 1 fully saturated rings. The van der Waals surface area contributed by atoms with E-state index in [2.05, 4.69) is 41.8 Å². The molecule has 2 aromatic carbocycles. The van der Waals surface area contributed by atoms with Gasteiger partial charge in [0.15, 0.2) is 0 Å². The zero-order valence-corrected chi connectivity index (χ0v) is 16.0. The van der Waals surface area contributed by atoms with Gasteiger partial charge in [0.25, 0.3) is 0 Å². The molecule has 1 aliphatic rings. The Labute approximate surface area is 164 Å². The number of hydrogen-bond donors (Lipinski definition) is 0. The first kappa shape index (κ1) is 18.4. The van der Waals surface area contributed by atoms with Crippen LogP contribution in [0.5, 0.6) is 0 Å². The third-order valence-corrected chi connectivity index (χ3v) is 5.73. The molecule has 4 rings (SSSR count). The lowest BCUT2D eigenvalue weighted by Gasteiger charge is -2.19. The summed E-state index contributed by atoms with van der Waals surface area (Å²) in [6.07, 6.45) is 0.945. The second-order valence-corrected chi connectivity index (χ2v) is 7.73. The van der Waals surface area contributed by atoms with Crippen molar-refractivity contribution in [1.29, 1.82) is 0 Å². The van der Waals surface area contributed by atoms with E-state index in [1.54, 1.807) is 11.3 Å². The molecule has 0 radical (unpaired) electrons. The Morgan fingerprint density at radius 1 is 0.852 bits per heavy atom. The summed E-state index contributed by atoms with van der Waals surface area (Å²) in [4.78, 5) is 1.26. The summed E-state index contributed by atoms with van der Waals surface area (Å²) in [6.45, 7) is 1.73. The molecule has 27 heavy (non-hydrogen) atoms. The summed E-state index contributed by atoms with van der Waals surface area (Å²) in [7, 11) is 0. The Morgan fingerprint density at radius 3 is 2.22 bits per heavy atom. The van der Waals surface area contributed by atoms with Crippen LogP contribution in [0.3, 0.4) is 0 Å². The Kier molecular flexibility index (Phi) is 6.32. The number of thiophene rings is 1. The zero-order chi connectivity index (χ0) is 18.3. The molecule has 0 spiro atoms. The van der Waals surface area contributed by atoms with Gasteiger partial charge in [-0.1, -0.05) is 66.7 Å². The fourth-order valence-electron chi connectivity index (χ4n) is 3.34. The molecule has 1 saturated heterocycles. The molecule has 0 bridgehead atoms. The monoisotopic (exact) mass is 380 g/mol. The van der Waals surface area contributed by atoms with Crippen molar-refractivity contribution in [1.82, 2.24) is 0 Å². The normalized spacial score (nSPS) is 22.1. The number of hydrogen-bond acceptors (Lipinski definition) is 4. The van der Waals surface area contributed by atoms with E-state index in [0.29, 0.717) is 19.8 Å². The summed E-state index contributed by atoms with van der Waals surface area (Å²) < 4.78 is 18.5. The molecule has 3 nitrogen and oxygen atoms in total. The van der Waals surface area contributed by atoms with E-state index in [-0.39, 0.29) is 18.3 Å². The molecule has 0 N–H and O–H groups in total. The van der Waals surface area contributed by atoms with Crippen LogP contribution in [0.15, 0.2) is 78.2 Å². The quantitative estimate of drug-likeness (QED) is 0.525. The van der Waals surface area contributed by atoms with Crippen LogP contribution in [-0.2, 0) is 27.4 Å². The van der Waals surface area contributed by atoms with Gasteiger partial charge < -0.3 is 14.2 Å². The highest BCUT2D eigenvalue weighted by molar-refractivity contribution is 7.10. The Morgan fingerprint density at radius 2 is 1.56 bits per heavy atom. The van der Waals surface area contributed by atoms with Crippen molar-refractivity contribution >= 4 is 11.3 Å². The lowest BCUT2D eigenvalue weighted by molar-refractivity contribution is -0.0711. The number of benzene rings is 2. The van der Waals surface area contributed by atoms with Gasteiger partial charge in [-0.05, 0) is 22.6 Å². The van der Waals surface area contributed by atoms with E-state index in [1.807, 2.05) is 36.4 Å². The topological polar surface area (TPSA) is 27.7 Å². The highest BCUT2D eigenvalue weighted by Gasteiger charge is 2.37. The Bertz CT molecular complexity index is 789. The van der Waals surface area contributed by atoms with Crippen LogP contribution in [0.1, 0.15) is 28.5 Å². The Balaban J connectivity index is 1.36. The van der Waals surface area contributed by atoms with Crippen molar-refractivity contribution in [2.75, 3.05) is 6.61 Å². The van der Waals surface area contributed by atoms with Crippen LogP contribution in [0.2, 0.25) is 0 Å². The van der Waals surface area contributed by atoms with E-state index < -0.39 is 0 Å². The third kappa shape index (κ3) is 5.05. The first-order valence-corrected chi connectivity index (χ1v) is 10.2. The average molecular weight is 381 g/mol. The molecule has 0 aliphatic carbocycles. The summed E-state index contributed by atoms with van der Waals surface area (Å²) in [5.74, 6) is 0. The molecule has 3 atom stereocenters. The minimum atomic E-state index is -0.0514. The van der Waals surface area contributed by atoms with E-state index in [0.717, 1.165) is 6.42 Å². The molecule has 1 aromatic heterocycles. The maximum atomic E-state index is 6.31. The van der Waals surface area contributed by atoms with Gasteiger partial charge >= 0.3 is 0 Å². The predicted molar refractivity (Wildman–Crippen MR) is 108 cm³/mol. The fraction of sp³-hybridized carbons (Fsp3) is 0.304. The highest BCUT2D eigenvalue weighted by atomic mass is 32.1. The second-order valence-electron chi connectivity index (χ2n) is 6.75. The highest BCUT2D eigenvalue weighted by Crippen LogP contribution is 2.37. The Hall–Kier alpha value is -1.98. The van der Waals surface area contributed by atoms with Gasteiger partial charge in [-0.25, -0.2) is 0 Å². The van der Waals surface area contributed by atoms with Gasteiger partial charge in [0.1, 0.15) is 6.10 Å². The summed E-state index contributed by atoms with van der Waals surface area (Å²) >= 11 is 1.74. The standard InChI is InChI=1S/C23H24O3S/c1-3-8-18(9-4-1)15-24-17-22-20(25-16-19-10-5-2-6-11-19)14-21(26-22)23-12-7-13-27-23/h1-13,20-22H,14-17H2/t20-,21-,22+/m0/s1. The molecular weight excluding hydrogens is 356 g/mol. The molecule has 0 amide bonds. The lowest BCUT2D eigenvalue weighted by atomic mass is 10.1. The van der Waals surface area contributed by atoms with E-state index in [1.165, 1.54) is 16.0 Å². The van der Waals surface area contributed by atoms with Gasteiger partial charge in [0.2, 0.25) is 0 Å². The maximum absolute atomic E-state index is 6.31. The molecule has 3 aromatic rings. The third-order valence-electron chi connectivity index (χ3n) is 4.76. The van der Waals surface area contributed by atoms with Gasteiger partial charge in [-0.15, -0.1) is 11.3 Å². The first-order valence-electron chi connectivity index (χ1n) is 9.34. The summed E-state index contributed by atoms with van der Waals surface area (Å²) in [5, 5.41) is 2.09. The largest absolute Gasteiger partial charge is 0.374 e. The van der Waals surface area contributed by atoms with Gasteiger partial charge in [0.05, 0.1) is 32.0 Å². The van der Waals surface area contributed by atoms with Crippen LogP contribution >= 0.6 is 11.3 Å². The number of ether oxygens (including phenoxy) is 3. The van der Waals surface area contributed by atoms with E-state index in [9.17, 15) is 0 Å². The van der Waals surface area contributed by atoms with Crippen LogP contribution in [0.25, 0.3) is 0 Å².